The summed E-state index contributed by atoms with van der Waals surface area (Å²) >= 11 is 0. The molecule has 2 rings (SSSR count). The first kappa shape index (κ1) is 7.77. The monoisotopic (exact) mass is 167 g/mol. The smallest absolute Gasteiger partial charge is 0.220 e. The molecule has 0 aromatic rings. The standard InChI is InChI=1S/C9H13NO2/c11-8-4-7(5-10-8)9(12)6-2-1-3-6/h6-7H,1-5H2,(H,10,11). The van der Waals surface area contributed by atoms with E-state index in [1.807, 2.05) is 0 Å². The molecule has 0 aromatic carbocycles. The topological polar surface area (TPSA) is 46.2 Å². The molecule has 1 aliphatic heterocycles. The fourth-order valence-corrected chi connectivity index (χ4v) is 1.83. The highest BCUT2D eigenvalue weighted by Crippen LogP contribution is 2.31. The third kappa shape index (κ3) is 1.24. The number of rotatable bonds is 2. The lowest BCUT2D eigenvalue weighted by Crippen LogP contribution is -2.29. The van der Waals surface area contributed by atoms with Gasteiger partial charge in [-0.3, -0.25) is 9.59 Å². The van der Waals surface area contributed by atoms with E-state index in [0.717, 1.165) is 12.8 Å². The molecule has 0 bridgehead atoms. The van der Waals surface area contributed by atoms with Crippen molar-refractivity contribution in [2.24, 2.45) is 11.8 Å². The lowest BCUT2D eigenvalue weighted by molar-refractivity contribution is -0.130. The number of nitrogens with one attached hydrogen (secondary N) is 1. The minimum atomic E-state index is -0.0113. The van der Waals surface area contributed by atoms with Crippen LogP contribution in [-0.2, 0) is 9.59 Å². The lowest BCUT2D eigenvalue weighted by atomic mass is 9.77. The van der Waals surface area contributed by atoms with Crippen molar-refractivity contribution in [3.05, 3.63) is 0 Å². The van der Waals surface area contributed by atoms with Crippen LogP contribution in [0.15, 0.2) is 0 Å². The molecule has 1 amide bonds. The number of Topliss-reactive ketones (excluding diaryl/α,β-unsaturated/α-hetero) is 1. The van der Waals surface area contributed by atoms with Gasteiger partial charge in [-0.05, 0) is 12.8 Å². The van der Waals surface area contributed by atoms with E-state index in [1.54, 1.807) is 0 Å². The van der Waals surface area contributed by atoms with Gasteiger partial charge in [0.1, 0.15) is 5.78 Å². The highest BCUT2D eigenvalue weighted by Gasteiger charge is 2.34. The predicted molar refractivity (Wildman–Crippen MR) is 43.5 cm³/mol. The number of carbonyl (C=O) groups is 2. The molecule has 0 radical (unpaired) electrons. The average molecular weight is 167 g/mol. The summed E-state index contributed by atoms with van der Waals surface area (Å²) in [5.74, 6) is 0.623. The van der Waals surface area contributed by atoms with Crippen LogP contribution >= 0.6 is 0 Å². The normalized spacial score (nSPS) is 29.7. The fourth-order valence-electron chi connectivity index (χ4n) is 1.83. The number of hydrogen-bond acceptors (Lipinski definition) is 2. The maximum Gasteiger partial charge on any atom is 0.220 e. The van der Waals surface area contributed by atoms with E-state index in [-0.39, 0.29) is 17.7 Å². The summed E-state index contributed by atoms with van der Waals surface area (Å²) in [5, 5.41) is 2.69. The van der Waals surface area contributed by atoms with Crippen molar-refractivity contribution in [3.63, 3.8) is 0 Å². The fraction of sp³-hybridized carbons (Fsp3) is 0.778. The van der Waals surface area contributed by atoms with Crippen molar-refractivity contribution in [2.75, 3.05) is 6.54 Å². The highest BCUT2D eigenvalue weighted by molar-refractivity contribution is 5.91. The van der Waals surface area contributed by atoms with Crippen molar-refractivity contribution in [3.8, 4) is 0 Å². The van der Waals surface area contributed by atoms with Crippen LogP contribution in [-0.4, -0.2) is 18.2 Å². The third-order valence-electron chi connectivity index (χ3n) is 2.89. The predicted octanol–water partition coefficient (Wildman–Crippen LogP) is 0.492. The van der Waals surface area contributed by atoms with Crippen LogP contribution < -0.4 is 5.32 Å². The van der Waals surface area contributed by atoms with Gasteiger partial charge in [0, 0.05) is 24.8 Å². The minimum absolute atomic E-state index is 0.0113. The summed E-state index contributed by atoms with van der Waals surface area (Å²) in [5.41, 5.74) is 0. The van der Waals surface area contributed by atoms with Crippen LogP contribution in [0.4, 0.5) is 0 Å². The number of carbonyl (C=O) groups excluding carboxylic acids is 2. The first-order valence-electron chi connectivity index (χ1n) is 4.58. The molecule has 2 fully saturated rings. The molecule has 1 N–H and O–H groups in total. The van der Waals surface area contributed by atoms with Crippen LogP contribution in [0, 0.1) is 11.8 Å². The Morgan fingerprint density at radius 1 is 1.33 bits per heavy atom. The van der Waals surface area contributed by atoms with E-state index in [0.29, 0.717) is 18.7 Å². The maximum absolute atomic E-state index is 11.6. The zero-order valence-corrected chi connectivity index (χ0v) is 7.01. The Morgan fingerprint density at radius 2 is 2.08 bits per heavy atom. The second-order valence-electron chi connectivity index (χ2n) is 3.74. The van der Waals surface area contributed by atoms with Crippen molar-refractivity contribution in [1.29, 1.82) is 0 Å². The zero-order valence-electron chi connectivity index (χ0n) is 7.01. The molecule has 1 unspecified atom stereocenters. The van der Waals surface area contributed by atoms with Gasteiger partial charge in [0.15, 0.2) is 0 Å². The van der Waals surface area contributed by atoms with Crippen molar-refractivity contribution >= 4 is 11.7 Å². The summed E-state index contributed by atoms with van der Waals surface area (Å²) in [7, 11) is 0. The second kappa shape index (κ2) is 2.88. The number of ketones is 1. The summed E-state index contributed by atoms with van der Waals surface area (Å²) in [6.45, 7) is 0.578. The SMILES string of the molecule is O=C1CC(C(=O)C2CCC2)CN1. The highest BCUT2D eigenvalue weighted by atomic mass is 16.2. The molecule has 0 aromatic heterocycles. The van der Waals surface area contributed by atoms with Crippen molar-refractivity contribution in [2.45, 2.75) is 25.7 Å². The third-order valence-corrected chi connectivity index (χ3v) is 2.89. The van der Waals surface area contributed by atoms with Gasteiger partial charge in [0.2, 0.25) is 5.91 Å². The van der Waals surface area contributed by atoms with Crippen molar-refractivity contribution in [1.82, 2.24) is 5.32 Å². The molecule has 66 valence electrons. The van der Waals surface area contributed by atoms with Gasteiger partial charge in [-0.25, -0.2) is 0 Å². The van der Waals surface area contributed by atoms with Gasteiger partial charge in [0.05, 0.1) is 0 Å². The quantitative estimate of drug-likeness (QED) is 0.650. The molecule has 1 aliphatic carbocycles. The largest absolute Gasteiger partial charge is 0.355 e. The molecule has 1 atom stereocenters. The van der Waals surface area contributed by atoms with Crippen LogP contribution in [0.3, 0.4) is 0 Å². The molecule has 0 spiro atoms. The molecule has 1 saturated heterocycles. The Bertz CT molecular complexity index is 221. The van der Waals surface area contributed by atoms with Gasteiger partial charge in [-0.1, -0.05) is 6.42 Å². The average Bonchev–Trinajstić information content (AvgIpc) is 2.31. The first-order chi connectivity index (χ1) is 5.77. The summed E-state index contributed by atoms with van der Waals surface area (Å²) < 4.78 is 0. The van der Waals surface area contributed by atoms with E-state index < -0.39 is 0 Å². The second-order valence-corrected chi connectivity index (χ2v) is 3.74. The van der Waals surface area contributed by atoms with E-state index in [1.165, 1.54) is 6.42 Å². The molecule has 1 heterocycles. The molecular weight excluding hydrogens is 154 g/mol. The van der Waals surface area contributed by atoms with E-state index in [9.17, 15) is 9.59 Å². The minimum Gasteiger partial charge on any atom is -0.355 e. The number of amides is 1. The Balaban J connectivity index is 1.91. The zero-order chi connectivity index (χ0) is 8.55. The van der Waals surface area contributed by atoms with Gasteiger partial charge < -0.3 is 5.32 Å². The van der Waals surface area contributed by atoms with Gasteiger partial charge in [0.25, 0.3) is 0 Å². The Kier molecular flexibility index (Phi) is 1.87. The van der Waals surface area contributed by atoms with Gasteiger partial charge >= 0.3 is 0 Å². The van der Waals surface area contributed by atoms with Crippen LogP contribution in [0.25, 0.3) is 0 Å². The van der Waals surface area contributed by atoms with Crippen LogP contribution in [0.2, 0.25) is 0 Å². The number of hydrogen-bond donors (Lipinski definition) is 1. The molecule has 12 heavy (non-hydrogen) atoms. The van der Waals surface area contributed by atoms with Gasteiger partial charge in [-0.15, -0.1) is 0 Å². The molecule has 3 nitrogen and oxygen atoms in total. The molecular formula is C9H13NO2. The summed E-state index contributed by atoms with van der Waals surface area (Å²) in [4.78, 5) is 22.4. The molecule has 1 saturated carbocycles. The summed E-state index contributed by atoms with van der Waals surface area (Å²) in [6.07, 6.45) is 3.70. The van der Waals surface area contributed by atoms with Crippen molar-refractivity contribution < 1.29 is 9.59 Å². The first-order valence-corrected chi connectivity index (χ1v) is 4.58. The lowest BCUT2D eigenvalue weighted by Gasteiger charge is -2.25. The Labute approximate surface area is 71.5 Å². The van der Waals surface area contributed by atoms with Gasteiger partial charge in [-0.2, -0.15) is 0 Å². The van der Waals surface area contributed by atoms with E-state index >= 15 is 0 Å². The Hall–Kier alpha value is -0.860. The summed E-state index contributed by atoms with van der Waals surface area (Å²) in [6, 6.07) is 0. The van der Waals surface area contributed by atoms with Crippen LogP contribution in [0.5, 0.6) is 0 Å². The molecule has 2 aliphatic rings. The van der Waals surface area contributed by atoms with E-state index in [2.05, 4.69) is 5.32 Å². The Morgan fingerprint density at radius 3 is 2.50 bits per heavy atom. The van der Waals surface area contributed by atoms with E-state index in [4.69, 9.17) is 0 Å². The maximum atomic E-state index is 11.6. The van der Waals surface area contributed by atoms with Crippen LogP contribution in [0.1, 0.15) is 25.7 Å². The molecule has 3 heteroatoms.